The molecule has 7 nitrogen and oxygen atoms in total. The number of nitrogens with zero attached hydrogens (tertiary/aromatic N) is 2. The normalized spacial score (nSPS) is 15.5. The summed E-state index contributed by atoms with van der Waals surface area (Å²) in [5, 5.41) is 12.0. The predicted molar refractivity (Wildman–Crippen MR) is 113 cm³/mol. The SMILES string of the molecule is N#C/C(=C/N1CCC(Cc2ccccc2)CC1)C(=O)Nc1ccc(S(=O)(=O)O)cc1. The summed E-state index contributed by atoms with van der Waals surface area (Å²) in [7, 11) is -4.30. The van der Waals surface area contributed by atoms with Crippen LogP contribution in [0.15, 0.2) is 71.3 Å². The molecule has 1 aliphatic heterocycles. The third-order valence-electron chi connectivity index (χ3n) is 5.10. The van der Waals surface area contributed by atoms with Crippen molar-refractivity contribution in [3.63, 3.8) is 0 Å². The van der Waals surface area contributed by atoms with Gasteiger partial charge in [0.05, 0.1) is 4.90 Å². The van der Waals surface area contributed by atoms with Crippen LogP contribution in [-0.4, -0.2) is 36.9 Å². The topological polar surface area (TPSA) is 111 Å². The van der Waals surface area contributed by atoms with Gasteiger partial charge >= 0.3 is 0 Å². The maximum atomic E-state index is 12.4. The largest absolute Gasteiger partial charge is 0.376 e. The van der Waals surface area contributed by atoms with Crippen LogP contribution in [0.25, 0.3) is 0 Å². The molecule has 1 heterocycles. The third kappa shape index (κ3) is 5.92. The number of hydrogen-bond donors (Lipinski definition) is 2. The van der Waals surface area contributed by atoms with Gasteiger partial charge < -0.3 is 10.2 Å². The van der Waals surface area contributed by atoms with E-state index in [9.17, 15) is 18.5 Å². The van der Waals surface area contributed by atoms with Crippen molar-refractivity contribution in [2.24, 2.45) is 5.92 Å². The van der Waals surface area contributed by atoms with Crippen molar-refractivity contribution in [2.45, 2.75) is 24.2 Å². The Morgan fingerprint density at radius 2 is 1.77 bits per heavy atom. The summed E-state index contributed by atoms with van der Waals surface area (Å²) in [6.45, 7) is 1.55. The molecule has 1 fully saturated rings. The Bertz CT molecular complexity index is 1050. The van der Waals surface area contributed by atoms with Gasteiger partial charge in [-0.1, -0.05) is 30.3 Å². The van der Waals surface area contributed by atoms with Crippen molar-refractivity contribution >= 4 is 21.7 Å². The quantitative estimate of drug-likeness (QED) is 0.418. The van der Waals surface area contributed by atoms with Crippen LogP contribution in [0, 0.1) is 17.2 Å². The summed E-state index contributed by atoms with van der Waals surface area (Å²) < 4.78 is 31.2. The highest BCUT2D eigenvalue weighted by atomic mass is 32.2. The van der Waals surface area contributed by atoms with Gasteiger partial charge in [0.2, 0.25) is 0 Å². The van der Waals surface area contributed by atoms with Crippen molar-refractivity contribution in [2.75, 3.05) is 18.4 Å². The van der Waals surface area contributed by atoms with E-state index in [0.29, 0.717) is 11.6 Å². The highest BCUT2D eigenvalue weighted by Crippen LogP contribution is 2.22. The lowest BCUT2D eigenvalue weighted by Crippen LogP contribution is -2.31. The van der Waals surface area contributed by atoms with Crippen LogP contribution >= 0.6 is 0 Å². The number of nitriles is 1. The van der Waals surface area contributed by atoms with Crippen LogP contribution in [0.1, 0.15) is 18.4 Å². The van der Waals surface area contributed by atoms with E-state index in [1.807, 2.05) is 29.2 Å². The van der Waals surface area contributed by atoms with E-state index in [4.69, 9.17) is 4.55 Å². The molecule has 0 atom stereocenters. The second-order valence-electron chi connectivity index (χ2n) is 7.28. The number of anilines is 1. The molecule has 3 rings (SSSR count). The molecular formula is C22H23N3O4S. The van der Waals surface area contributed by atoms with Gasteiger partial charge in [0.1, 0.15) is 11.6 Å². The van der Waals surface area contributed by atoms with Crippen LogP contribution < -0.4 is 5.32 Å². The number of carbonyl (C=O) groups is 1. The maximum Gasteiger partial charge on any atom is 0.294 e. The molecule has 2 aromatic rings. The molecule has 0 unspecified atom stereocenters. The van der Waals surface area contributed by atoms with E-state index in [1.165, 1.54) is 29.8 Å². The van der Waals surface area contributed by atoms with E-state index in [1.54, 1.807) is 6.20 Å². The first-order chi connectivity index (χ1) is 14.3. The van der Waals surface area contributed by atoms with Gasteiger partial charge in [0.15, 0.2) is 0 Å². The van der Waals surface area contributed by atoms with Gasteiger partial charge in [-0.15, -0.1) is 0 Å². The Labute approximate surface area is 176 Å². The third-order valence-corrected chi connectivity index (χ3v) is 5.97. The van der Waals surface area contributed by atoms with Gasteiger partial charge in [0, 0.05) is 25.0 Å². The molecule has 0 bridgehead atoms. The van der Waals surface area contributed by atoms with Crippen molar-refractivity contribution < 1.29 is 17.8 Å². The molecule has 0 aromatic heterocycles. The number of amides is 1. The Morgan fingerprint density at radius 1 is 1.13 bits per heavy atom. The lowest BCUT2D eigenvalue weighted by Gasteiger charge is -2.31. The zero-order valence-corrected chi connectivity index (χ0v) is 17.2. The fraction of sp³-hybridized carbons (Fsp3) is 0.273. The average Bonchev–Trinajstić information content (AvgIpc) is 2.73. The lowest BCUT2D eigenvalue weighted by atomic mass is 9.90. The molecule has 156 valence electrons. The van der Waals surface area contributed by atoms with E-state index in [2.05, 4.69) is 17.4 Å². The predicted octanol–water partition coefficient (Wildman–Crippen LogP) is 3.23. The lowest BCUT2D eigenvalue weighted by molar-refractivity contribution is -0.112. The highest BCUT2D eigenvalue weighted by Gasteiger charge is 2.20. The molecule has 1 amide bonds. The highest BCUT2D eigenvalue weighted by molar-refractivity contribution is 7.85. The summed E-state index contributed by atoms with van der Waals surface area (Å²) >= 11 is 0. The van der Waals surface area contributed by atoms with E-state index in [0.717, 1.165) is 32.4 Å². The molecule has 0 saturated carbocycles. The fourth-order valence-electron chi connectivity index (χ4n) is 3.46. The monoisotopic (exact) mass is 425 g/mol. The summed E-state index contributed by atoms with van der Waals surface area (Å²) in [5.41, 5.74) is 1.63. The van der Waals surface area contributed by atoms with Gasteiger partial charge in [-0.2, -0.15) is 13.7 Å². The summed E-state index contributed by atoms with van der Waals surface area (Å²) in [5.74, 6) is 0.0150. The number of hydrogen-bond acceptors (Lipinski definition) is 5. The maximum absolute atomic E-state index is 12.4. The number of benzene rings is 2. The first-order valence-electron chi connectivity index (χ1n) is 9.64. The molecule has 0 aliphatic carbocycles. The molecule has 2 N–H and O–H groups in total. The van der Waals surface area contributed by atoms with E-state index in [-0.39, 0.29) is 10.5 Å². The fourth-order valence-corrected chi connectivity index (χ4v) is 3.94. The molecule has 30 heavy (non-hydrogen) atoms. The first kappa shape index (κ1) is 21.6. The summed E-state index contributed by atoms with van der Waals surface area (Å²) in [6, 6.07) is 17.3. The van der Waals surface area contributed by atoms with Crippen molar-refractivity contribution in [1.29, 1.82) is 5.26 Å². The average molecular weight is 426 g/mol. The summed E-state index contributed by atoms with van der Waals surface area (Å²) in [6.07, 6.45) is 4.59. The second-order valence-corrected chi connectivity index (χ2v) is 8.70. The Morgan fingerprint density at radius 3 is 2.33 bits per heavy atom. The molecule has 0 spiro atoms. The minimum Gasteiger partial charge on any atom is -0.376 e. The summed E-state index contributed by atoms with van der Waals surface area (Å²) in [4.78, 5) is 14.1. The van der Waals surface area contributed by atoms with Crippen molar-refractivity contribution in [3.05, 3.63) is 71.9 Å². The van der Waals surface area contributed by atoms with Gasteiger partial charge in [0.25, 0.3) is 16.0 Å². The number of nitrogens with one attached hydrogen (secondary N) is 1. The molecule has 1 saturated heterocycles. The Hall–Kier alpha value is -3.15. The molecular weight excluding hydrogens is 402 g/mol. The number of piperidine rings is 1. The van der Waals surface area contributed by atoms with Crippen LogP contribution in [0.2, 0.25) is 0 Å². The van der Waals surface area contributed by atoms with E-state index < -0.39 is 16.0 Å². The van der Waals surface area contributed by atoms with Gasteiger partial charge in [-0.3, -0.25) is 9.35 Å². The van der Waals surface area contributed by atoms with Crippen LogP contribution in [0.3, 0.4) is 0 Å². The van der Waals surface area contributed by atoms with Crippen molar-refractivity contribution in [3.8, 4) is 6.07 Å². The van der Waals surface area contributed by atoms with Crippen LogP contribution in [0.4, 0.5) is 5.69 Å². The van der Waals surface area contributed by atoms with Crippen LogP contribution in [-0.2, 0) is 21.3 Å². The Kier molecular flexibility index (Phi) is 6.87. The standard InChI is InChI=1S/C22H23N3O4S/c23-15-19(22(26)24-20-6-8-21(9-7-20)30(27,28)29)16-25-12-10-18(11-13-25)14-17-4-2-1-3-5-17/h1-9,16,18H,10-14H2,(H,24,26)(H,27,28,29)/b19-16-. The molecule has 1 aliphatic rings. The van der Waals surface area contributed by atoms with Gasteiger partial charge in [-0.25, -0.2) is 0 Å². The van der Waals surface area contributed by atoms with Gasteiger partial charge in [-0.05, 0) is 55.0 Å². The first-order valence-corrected chi connectivity index (χ1v) is 11.1. The van der Waals surface area contributed by atoms with Crippen LogP contribution in [0.5, 0.6) is 0 Å². The zero-order chi connectivity index (χ0) is 21.6. The zero-order valence-electron chi connectivity index (χ0n) is 16.4. The molecule has 8 heteroatoms. The number of carbonyl (C=O) groups excluding carboxylic acids is 1. The van der Waals surface area contributed by atoms with Crippen molar-refractivity contribution in [1.82, 2.24) is 4.90 Å². The number of likely N-dealkylation sites (tertiary alicyclic amines) is 1. The minimum atomic E-state index is -4.30. The Balaban J connectivity index is 1.56. The second kappa shape index (κ2) is 9.57. The molecule has 2 aromatic carbocycles. The molecule has 0 radical (unpaired) electrons. The minimum absolute atomic E-state index is 0.0182. The number of rotatable bonds is 6. The smallest absolute Gasteiger partial charge is 0.294 e. The van der Waals surface area contributed by atoms with E-state index >= 15 is 0 Å².